The van der Waals surface area contributed by atoms with Crippen LogP contribution in [0.3, 0.4) is 0 Å². The first-order valence-electron chi connectivity index (χ1n) is 6.58. The predicted octanol–water partition coefficient (Wildman–Crippen LogP) is 2.76. The molecule has 3 rings (SSSR count). The lowest BCUT2D eigenvalue weighted by Gasteiger charge is -2.40. The van der Waals surface area contributed by atoms with E-state index in [9.17, 15) is 4.79 Å². The molecule has 0 saturated carbocycles. The Bertz CT molecular complexity index is 701. The van der Waals surface area contributed by atoms with Crippen LogP contribution in [-0.4, -0.2) is 38.9 Å². The molecular formula is C14H17ClN4O. The van der Waals surface area contributed by atoms with E-state index in [0.717, 1.165) is 11.0 Å². The van der Waals surface area contributed by atoms with Gasteiger partial charge in [-0.25, -0.2) is 4.98 Å². The number of hydrogen-bond donors (Lipinski definition) is 0. The minimum Gasteiger partial charge on any atom is -0.338 e. The number of hydrogen-bond acceptors (Lipinski definition) is 3. The van der Waals surface area contributed by atoms with Gasteiger partial charge in [0.05, 0.1) is 6.04 Å². The normalized spacial score (nSPS) is 19.6. The molecule has 0 spiro atoms. The molecule has 0 N–H and O–H groups in total. The number of halogens is 1. The highest BCUT2D eigenvalue weighted by atomic mass is 35.5. The summed E-state index contributed by atoms with van der Waals surface area (Å²) in [5.74, 6) is 0.0135. The van der Waals surface area contributed by atoms with Crippen molar-refractivity contribution in [3.8, 4) is 0 Å². The third kappa shape index (κ3) is 1.88. The first-order chi connectivity index (χ1) is 9.29. The van der Waals surface area contributed by atoms with E-state index in [4.69, 9.17) is 11.6 Å². The second kappa shape index (κ2) is 4.19. The van der Waals surface area contributed by atoms with Crippen molar-refractivity contribution in [3.63, 3.8) is 0 Å². The van der Waals surface area contributed by atoms with Gasteiger partial charge in [-0.05, 0) is 23.1 Å². The summed E-state index contributed by atoms with van der Waals surface area (Å²) in [6.07, 6.45) is 1.67. The van der Waals surface area contributed by atoms with E-state index in [1.807, 2.05) is 17.7 Å². The number of carbonyl (C=O) groups excluding carboxylic acids is 1. The quantitative estimate of drug-likeness (QED) is 0.702. The van der Waals surface area contributed by atoms with Crippen molar-refractivity contribution in [3.05, 3.63) is 23.2 Å². The second-order valence-corrected chi connectivity index (χ2v) is 6.72. The lowest BCUT2D eigenvalue weighted by atomic mass is 9.85. The molecule has 5 nitrogen and oxygen atoms in total. The number of amides is 1. The van der Waals surface area contributed by atoms with E-state index in [0.29, 0.717) is 12.2 Å². The van der Waals surface area contributed by atoms with Crippen LogP contribution < -0.4 is 0 Å². The number of nitrogens with zero attached hydrogens (tertiary/aromatic N) is 4. The number of fused-ring (bicyclic) bond motifs is 3. The molecular weight excluding hydrogens is 276 g/mol. The zero-order chi connectivity index (χ0) is 14.7. The van der Waals surface area contributed by atoms with Crippen LogP contribution in [0.2, 0.25) is 5.28 Å². The summed E-state index contributed by atoms with van der Waals surface area (Å²) in [6.45, 7) is 7.17. The predicted molar refractivity (Wildman–Crippen MR) is 78.0 cm³/mol. The Morgan fingerprint density at radius 1 is 1.40 bits per heavy atom. The van der Waals surface area contributed by atoms with Crippen molar-refractivity contribution in [2.45, 2.75) is 26.8 Å². The van der Waals surface area contributed by atoms with Crippen LogP contribution in [0.25, 0.3) is 11.0 Å². The molecule has 3 heterocycles. The standard InChI is InChI=1S/C14H17ClN4O/c1-14(2,3)10-7-18(4)12(20)9-5-8-6-16-13(15)17-11(8)19(9)10/h5-6,10H,7H2,1-4H3. The highest BCUT2D eigenvalue weighted by Crippen LogP contribution is 2.38. The topological polar surface area (TPSA) is 51.0 Å². The fraction of sp³-hybridized carbons (Fsp3) is 0.500. The van der Waals surface area contributed by atoms with Gasteiger partial charge >= 0.3 is 0 Å². The summed E-state index contributed by atoms with van der Waals surface area (Å²) in [7, 11) is 1.83. The van der Waals surface area contributed by atoms with Gasteiger partial charge in [0.25, 0.3) is 5.91 Å². The summed E-state index contributed by atoms with van der Waals surface area (Å²) in [6, 6.07) is 2.01. The number of aromatic nitrogens is 3. The monoisotopic (exact) mass is 292 g/mol. The van der Waals surface area contributed by atoms with Crippen LogP contribution in [-0.2, 0) is 0 Å². The highest BCUT2D eigenvalue weighted by Gasteiger charge is 2.37. The molecule has 1 aliphatic rings. The number of likely N-dealkylation sites (N-methyl/N-ethyl adjacent to an activating group) is 1. The highest BCUT2D eigenvalue weighted by molar-refractivity contribution is 6.28. The Balaban J connectivity index is 2.33. The van der Waals surface area contributed by atoms with Crippen LogP contribution in [0.4, 0.5) is 0 Å². The average molecular weight is 293 g/mol. The third-order valence-corrected chi connectivity index (χ3v) is 4.05. The molecule has 0 radical (unpaired) electrons. The Morgan fingerprint density at radius 2 is 2.10 bits per heavy atom. The van der Waals surface area contributed by atoms with E-state index in [1.54, 1.807) is 11.1 Å². The molecule has 2 aromatic rings. The van der Waals surface area contributed by atoms with Crippen molar-refractivity contribution in [1.29, 1.82) is 0 Å². The van der Waals surface area contributed by atoms with Gasteiger partial charge in [-0.3, -0.25) is 4.79 Å². The van der Waals surface area contributed by atoms with Crippen molar-refractivity contribution in [2.75, 3.05) is 13.6 Å². The molecule has 20 heavy (non-hydrogen) atoms. The van der Waals surface area contributed by atoms with Crippen molar-refractivity contribution in [1.82, 2.24) is 19.4 Å². The average Bonchev–Trinajstić information content (AvgIpc) is 2.71. The van der Waals surface area contributed by atoms with Gasteiger partial charge in [0, 0.05) is 25.2 Å². The molecule has 1 atom stereocenters. The van der Waals surface area contributed by atoms with Crippen molar-refractivity contribution >= 4 is 28.5 Å². The van der Waals surface area contributed by atoms with Crippen LogP contribution in [0.1, 0.15) is 37.3 Å². The van der Waals surface area contributed by atoms with E-state index in [-0.39, 0.29) is 22.6 Å². The fourth-order valence-electron chi connectivity index (χ4n) is 2.75. The molecule has 6 heteroatoms. The van der Waals surface area contributed by atoms with E-state index >= 15 is 0 Å². The summed E-state index contributed by atoms with van der Waals surface area (Å²) < 4.78 is 2.02. The molecule has 0 aromatic carbocycles. The maximum atomic E-state index is 12.4. The van der Waals surface area contributed by atoms with Gasteiger partial charge in [-0.15, -0.1) is 0 Å². The summed E-state index contributed by atoms with van der Waals surface area (Å²) in [5.41, 5.74) is 1.40. The second-order valence-electron chi connectivity index (χ2n) is 6.39. The first-order valence-corrected chi connectivity index (χ1v) is 6.96. The van der Waals surface area contributed by atoms with Gasteiger partial charge in [-0.2, -0.15) is 4.98 Å². The van der Waals surface area contributed by atoms with Gasteiger partial charge in [-0.1, -0.05) is 20.8 Å². The molecule has 0 bridgehead atoms. The van der Waals surface area contributed by atoms with E-state index in [1.165, 1.54) is 0 Å². The molecule has 0 saturated heterocycles. The summed E-state index contributed by atoms with van der Waals surface area (Å²) in [5, 5.41) is 1.06. The smallest absolute Gasteiger partial charge is 0.270 e. The Hall–Kier alpha value is -1.62. The lowest BCUT2D eigenvalue weighted by molar-refractivity contribution is 0.0648. The van der Waals surface area contributed by atoms with Gasteiger partial charge < -0.3 is 9.47 Å². The number of carbonyl (C=O) groups is 1. The largest absolute Gasteiger partial charge is 0.338 e. The fourth-order valence-corrected chi connectivity index (χ4v) is 2.88. The minimum atomic E-state index is 0.00703. The first kappa shape index (κ1) is 13.4. The third-order valence-electron chi connectivity index (χ3n) is 3.87. The van der Waals surface area contributed by atoms with Gasteiger partial charge in [0.15, 0.2) is 0 Å². The molecule has 0 aliphatic carbocycles. The van der Waals surface area contributed by atoms with Crippen LogP contribution in [0.15, 0.2) is 12.3 Å². The Labute approximate surface area is 122 Å². The maximum absolute atomic E-state index is 12.4. The van der Waals surface area contributed by atoms with Gasteiger partial charge in [0.2, 0.25) is 5.28 Å². The van der Waals surface area contributed by atoms with E-state index < -0.39 is 0 Å². The van der Waals surface area contributed by atoms with Crippen LogP contribution in [0, 0.1) is 5.41 Å². The molecule has 1 amide bonds. The zero-order valence-electron chi connectivity index (χ0n) is 12.0. The van der Waals surface area contributed by atoms with Crippen LogP contribution in [0.5, 0.6) is 0 Å². The summed E-state index contributed by atoms with van der Waals surface area (Å²) >= 11 is 5.91. The van der Waals surface area contributed by atoms with Crippen molar-refractivity contribution in [2.24, 2.45) is 5.41 Å². The molecule has 1 aliphatic heterocycles. The summed E-state index contributed by atoms with van der Waals surface area (Å²) in [4.78, 5) is 22.4. The molecule has 0 fully saturated rings. The maximum Gasteiger partial charge on any atom is 0.270 e. The molecule has 1 unspecified atom stereocenters. The van der Waals surface area contributed by atoms with Gasteiger partial charge in [0.1, 0.15) is 11.3 Å². The Kier molecular flexibility index (Phi) is 2.80. The lowest BCUT2D eigenvalue weighted by Crippen LogP contribution is -2.44. The SMILES string of the molecule is CN1CC(C(C)(C)C)n2c(cc3cnc(Cl)nc32)C1=O. The Morgan fingerprint density at radius 3 is 2.75 bits per heavy atom. The van der Waals surface area contributed by atoms with Crippen molar-refractivity contribution < 1.29 is 4.79 Å². The zero-order valence-corrected chi connectivity index (χ0v) is 12.8. The van der Waals surface area contributed by atoms with E-state index in [2.05, 4.69) is 30.7 Å². The molecule has 106 valence electrons. The van der Waals surface area contributed by atoms with Crippen LogP contribution >= 0.6 is 11.6 Å². The minimum absolute atomic E-state index is 0.00703. The number of rotatable bonds is 0. The molecule has 2 aromatic heterocycles.